The van der Waals surface area contributed by atoms with Crippen molar-refractivity contribution in [3.8, 4) is 0 Å². The molecule has 12 heavy (non-hydrogen) atoms. The Balaban J connectivity index is 2.45. The first-order chi connectivity index (χ1) is 5.52. The quantitative estimate of drug-likeness (QED) is 0.612. The Morgan fingerprint density at radius 1 is 1.25 bits per heavy atom. The van der Waals surface area contributed by atoms with Crippen LogP contribution in [0, 0.1) is 11.8 Å². The van der Waals surface area contributed by atoms with E-state index < -0.39 is 5.92 Å². The van der Waals surface area contributed by atoms with Crippen molar-refractivity contribution in [1.29, 1.82) is 0 Å². The largest absolute Gasteiger partial charge is 0.251 e. The Hall–Kier alpha value is -0.140. The topological polar surface area (TPSA) is 0 Å². The Morgan fingerprint density at radius 2 is 1.75 bits per heavy atom. The van der Waals surface area contributed by atoms with Gasteiger partial charge in [0.15, 0.2) is 0 Å². The van der Waals surface area contributed by atoms with Gasteiger partial charge in [0, 0.05) is 12.3 Å². The van der Waals surface area contributed by atoms with E-state index in [1.807, 2.05) is 13.8 Å². The summed E-state index contributed by atoms with van der Waals surface area (Å²) < 4.78 is 26.8. The van der Waals surface area contributed by atoms with E-state index in [0.717, 1.165) is 25.7 Å². The van der Waals surface area contributed by atoms with Crippen LogP contribution in [0.15, 0.2) is 0 Å². The van der Waals surface area contributed by atoms with Crippen molar-refractivity contribution >= 4 is 0 Å². The highest BCUT2D eigenvalue weighted by Gasteiger charge is 2.40. The third-order valence-electron chi connectivity index (χ3n) is 2.63. The lowest BCUT2D eigenvalue weighted by Gasteiger charge is -2.24. The predicted octanol–water partition coefficient (Wildman–Crippen LogP) is 3.86. The zero-order chi connectivity index (χ0) is 9.19. The van der Waals surface area contributed by atoms with Crippen LogP contribution in [0.25, 0.3) is 0 Å². The van der Waals surface area contributed by atoms with Crippen molar-refractivity contribution < 1.29 is 8.78 Å². The second-order valence-corrected chi connectivity index (χ2v) is 4.34. The number of alkyl halides is 2. The van der Waals surface area contributed by atoms with Crippen LogP contribution in [0.3, 0.4) is 0 Å². The summed E-state index contributed by atoms with van der Waals surface area (Å²) in [6.45, 7) is 3.73. The van der Waals surface area contributed by atoms with E-state index in [2.05, 4.69) is 0 Å². The summed E-state index contributed by atoms with van der Waals surface area (Å²) in [5.41, 5.74) is 0. The number of rotatable bonds is 3. The van der Waals surface area contributed by atoms with E-state index in [-0.39, 0.29) is 18.3 Å². The van der Waals surface area contributed by atoms with Crippen molar-refractivity contribution in [2.24, 2.45) is 11.8 Å². The van der Waals surface area contributed by atoms with E-state index in [1.165, 1.54) is 0 Å². The molecule has 0 aromatic heterocycles. The lowest BCUT2D eigenvalue weighted by atomic mass is 9.92. The Bertz CT molecular complexity index is 135. The summed E-state index contributed by atoms with van der Waals surface area (Å²) in [6, 6.07) is 0. The third kappa shape index (κ3) is 2.43. The number of hydrogen-bond donors (Lipinski definition) is 0. The Morgan fingerprint density at radius 3 is 2.17 bits per heavy atom. The maximum atomic E-state index is 13.4. The number of halogens is 2. The maximum absolute atomic E-state index is 13.4. The van der Waals surface area contributed by atoms with Crippen LogP contribution in [-0.4, -0.2) is 5.92 Å². The molecular weight excluding hydrogens is 158 g/mol. The molecule has 2 heteroatoms. The van der Waals surface area contributed by atoms with E-state index in [0.29, 0.717) is 0 Å². The van der Waals surface area contributed by atoms with Crippen LogP contribution in [0.5, 0.6) is 0 Å². The lowest BCUT2D eigenvalue weighted by Crippen LogP contribution is -2.27. The van der Waals surface area contributed by atoms with Crippen molar-refractivity contribution in [3.05, 3.63) is 0 Å². The van der Waals surface area contributed by atoms with Gasteiger partial charge < -0.3 is 0 Å². The molecule has 0 bridgehead atoms. The van der Waals surface area contributed by atoms with Gasteiger partial charge >= 0.3 is 0 Å². The Labute approximate surface area is 73.3 Å². The third-order valence-corrected chi connectivity index (χ3v) is 2.63. The van der Waals surface area contributed by atoms with Crippen molar-refractivity contribution in [1.82, 2.24) is 0 Å². The summed E-state index contributed by atoms with van der Waals surface area (Å²) in [5, 5.41) is 0. The summed E-state index contributed by atoms with van der Waals surface area (Å²) in [4.78, 5) is 0. The minimum absolute atomic E-state index is 0.0671. The normalized spacial score (nSPS) is 20.8. The molecule has 0 spiro atoms. The fourth-order valence-corrected chi connectivity index (χ4v) is 2.06. The second-order valence-electron chi connectivity index (χ2n) is 4.34. The molecule has 0 atom stereocenters. The maximum Gasteiger partial charge on any atom is 0.251 e. The average molecular weight is 176 g/mol. The Kier molecular flexibility index (Phi) is 3.08. The molecule has 0 amide bonds. The van der Waals surface area contributed by atoms with Gasteiger partial charge in [-0.05, 0) is 18.8 Å². The average Bonchev–Trinajstić information content (AvgIpc) is 2.32. The minimum Gasteiger partial charge on any atom is -0.207 e. The fraction of sp³-hybridized carbons (Fsp3) is 1.00. The van der Waals surface area contributed by atoms with Gasteiger partial charge in [0.1, 0.15) is 0 Å². The van der Waals surface area contributed by atoms with Gasteiger partial charge in [-0.1, -0.05) is 26.7 Å². The first kappa shape index (κ1) is 9.94. The monoisotopic (exact) mass is 176 g/mol. The van der Waals surface area contributed by atoms with Crippen molar-refractivity contribution in [2.75, 3.05) is 0 Å². The first-order valence-electron chi connectivity index (χ1n) is 4.90. The molecular formula is C10H18F2. The molecule has 1 fully saturated rings. The molecule has 0 aliphatic heterocycles. The van der Waals surface area contributed by atoms with Gasteiger partial charge in [0.05, 0.1) is 0 Å². The van der Waals surface area contributed by atoms with Crippen LogP contribution < -0.4 is 0 Å². The lowest BCUT2D eigenvalue weighted by molar-refractivity contribution is -0.0719. The molecule has 0 heterocycles. The van der Waals surface area contributed by atoms with E-state index in [1.54, 1.807) is 0 Å². The highest BCUT2D eigenvalue weighted by Crippen LogP contribution is 2.41. The predicted molar refractivity (Wildman–Crippen MR) is 46.4 cm³/mol. The molecule has 0 N–H and O–H groups in total. The molecule has 0 saturated heterocycles. The van der Waals surface area contributed by atoms with Crippen molar-refractivity contribution in [3.63, 3.8) is 0 Å². The molecule has 72 valence electrons. The van der Waals surface area contributed by atoms with Gasteiger partial charge in [-0.2, -0.15) is 0 Å². The summed E-state index contributed by atoms with van der Waals surface area (Å²) in [5.74, 6) is -2.61. The summed E-state index contributed by atoms with van der Waals surface area (Å²) >= 11 is 0. The standard InChI is InChI=1S/C10H18F2/c1-8(2)7-10(11,12)9-5-3-4-6-9/h8-9H,3-7H2,1-2H3. The van der Waals surface area contributed by atoms with Crippen LogP contribution in [-0.2, 0) is 0 Å². The highest BCUT2D eigenvalue weighted by molar-refractivity contribution is 4.81. The fourth-order valence-electron chi connectivity index (χ4n) is 2.06. The molecule has 0 radical (unpaired) electrons. The van der Waals surface area contributed by atoms with E-state index in [4.69, 9.17) is 0 Å². The molecule has 0 aromatic rings. The van der Waals surface area contributed by atoms with E-state index >= 15 is 0 Å². The van der Waals surface area contributed by atoms with Crippen LogP contribution in [0.4, 0.5) is 8.78 Å². The molecule has 1 aliphatic carbocycles. The van der Waals surface area contributed by atoms with Gasteiger partial charge in [-0.15, -0.1) is 0 Å². The molecule has 1 saturated carbocycles. The van der Waals surface area contributed by atoms with E-state index in [9.17, 15) is 8.78 Å². The van der Waals surface area contributed by atoms with Crippen LogP contribution in [0.2, 0.25) is 0 Å². The molecule has 0 nitrogen and oxygen atoms in total. The van der Waals surface area contributed by atoms with Gasteiger partial charge in [-0.25, -0.2) is 8.78 Å². The second kappa shape index (κ2) is 3.71. The van der Waals surface area contributed by atoms with Gasteiger partial charge in [0.25, 0.3) is 5.92 Å². The zero-order valence-electron chi connectivity index (χ0n) is 7.95. The molecule has 1 rings (SSSR count). The van der Waals surface area contributed by atoms with Crippen LogP contribution >= 0.6 is 0 Å². The first-order valence-corrected chi connectivity index (χ1v) is 4.90. The number of hydrogen-bond acceptors (Lipinski definition) is 0. The van der Waals surface area contributed by atoms with Crippen LogP contribution in [0.1, 0.15) is 46.0 Å². The zero-order valence-corrected chi connectivity index (χ0v) is 7.95. The van der Waals surface area contributed by atoms with Crippen molar-refractivity contribution in [2.45, 2.75) is 51.9 Å². The summed E-state index contributed by atoms with van der Waals surface area (Å²) in [6.07, 6.45) is 3.54. The van der Waals surface area contributed by atoms with Gasteiger partial charge in [-0.3, -0.25) is 0 Å². The molecule has 0 unspecified atom stereocenters. The summed E-state index contributed by atoms with van der Waals surface area (Å²) in [7, 11) is 0. The highest BCUT2D eigenvalue weighted by atomic mass is 19.3. The smallest absolute Gasteiger partial charge is 0.207 e. The SMILES string of the molecule is CC(C)CC(F)(F)C1CCCC1. The molecule has 1 aliphatic rings. The minimum atomic E-state index is -2.40. The molecule has 0 aromatic carbocycles. The van der Waals surface area contributed by atoms with Gasteiger partial charge in [0.2, 0.25) is 0 Å².